The SMILES string of the molecule is O=C(N=S(=O)=O)c1ccccc1-c1ccccc1. The van der Waals surface area contributed by atoms with Gasteiger partial charge in [-0.05, 0) is 17.2 Å². The van der Waals surface area contributed by atoms with E-state index in [4.69, 9.17) is 0 Å². The second-order valence-corrected chi connectivity index (χ2v) is 4.14. The van der Waals surface area contributed by atoms with E-state index in [1.54, 1.807) is 24.3 Å². The molecule has 2 aromatic rings. The Morgan fingerprint density at radius 2 is 1.50 bits per heavy atom. The first-order valence-electron chi connectivity index (χ1n) is 5.18. The van der Waals surface area contributed by atoms with Crippen molar-refractivity contribution in [3.05, 3.63) is 60.2 Å². The van der Waals surface area contributed by atoms with Gasteiger partial charge in [-0.25, -0.2) is 0 Å². The van der Waals surface area contributed by atoms with Crippen molar-refractivity contribution in [1.29, 1.82) is 0 Å². The first-order chi connectivity index (χ1) is 8.68. The Morgan fingerprint density at radius 1 is 0.889 bits per heavy atom. The van der Waals surface area contributed by atoms with Crippen molar-refractivity contribution in [3.8, 4) is 11.1 Å². The lowest BCUT2D eigenvalue weighted by Crippen LogP contribution is -1.97. The van der Waals surface area contributed by atoms with Crippen molar-refractivity contribution in [2.45, 2.75) is 0 Å². The Balaban J connectivity index is 2.57. The minimum atomic E-state index is -2.74. The smallest absolute Gasteiger partial charge is 0.266 e. The monoisotopic (exact) mass is 259 g/mol. The molecule has 2 rings (SSSR count). The van der Waals surface area contributed by atoms with Gasteiger partial charge in [-0.1, -0.05) is 52.9 Å². The fourth-order valence-electron chi connectivity index (χ4n) is 1.66. The number of rotatable bonds is 2. The van der Waals surface area contributed by atoms with Gasteiger partial charge in [-0.3, -0.25) is 4.79 Å². The predicted octanol–water partition coefficient (Wildman–Crippen LogP) is 2.56. The van der Waals surface area contributed by atoms with Crippen LogP contribution in [0.15, 0.2) is 59.0 Å². The van der Waals surface area contributed by atoms with Crippen LogP contribution in [-0.4, -0.2) is 14.3 Å². The summed E-state index contributed by atoms with van der Waals surface area (Å²) in [6.45, 7) is 0. The number of carbonyl (C=O) groups is 1. The molecule has 0 aliphatic carbocycles. The molecule has 0 aliphatic heterocycles. The first-order valence-corrected chi connectivity index (χ1v) is 6.21. The second kappa shape index (κ2) is 5.37. The topological polar surface area (TPSA) is 63.6 Å². The Labute approximate surface area is 106 Å². The Hall–Kier alpha value is -2.27. The highest BCUT2D eigenvalue weighted by Gasteiger charge is 2.11. The Kier molecular flexibility index (Phi) is 3.64. The van der Waals surface area contributed by atoms with Gasteiger partial charge in [0.05, 0.1) is 5.56 Å². The van der Waals surface area contributed by atoms with Gasteiger partial charge in [-0.2, -0.15) is 8.42 Å². The van der Waals surface area contributed by atoms with Crippen LogP contribution in [-0.2, 0) is 10.5 Å². The molecule has 5 heteroatoms. The van der Waals surface area contributed by atoms with E-state index < -0.39 is 16.4 Å². The maximum absolute atomic E-state index is 11.7. The van der Waals surface area contributed by atoms with Crippen LogP contribution in [0.4, 0.5) is 0 Å². The lowest BCUT2D eigenvalue weighted by Gasteiger charge is -2.05. The average Bonchev–Trinajstić information content (AvgIpc) is 2.39. The molecule has 0 atom stereocenters. The molecule has 0 aromatic heterocycles. The fraction of sp³-hybridized carbons (Fsp3) is 0. The van der Waals surface area contributed by atoms with Crippen molar-refractivity contribution in [3.63, 3.8) is 0 Å². The molecule has 18 heavy (non-hydrogen) atoms. The minimum absolute atomic E-state index is 0.271. The van der Waals surface area contributed by atoms with E-state index in [0.717, 1.165) is 5.56 Å². The average molecular weight is 259 g/mol. The van der Waals surface area contributed by atoms with Crippen LogP contribution in [0.5, 0.6) is 0 Å². The lowest BCUT2D eigenvalue weighted by atomic mass is 9.99. The molecule has 2 aromatic carbocycles. The third-order valence-corrected chi connectivity index (χ3v) is 2.71. The summed E-state index contributed by atoms with van der Waals surface area (Å²) < 4.78 is 23.9. The third kappa shape index (κ3) is 2.70. The van der Waals surface area contributed by atoms with E-state index in [1.165, 1.54) is 0 Å². The molecular formula is C13H9NO3S. The van der Waals surface area contributed by atoms with Crippen molar-refractivity contribution < 1.29 is 13.2 Å². The van der Waals surface area contributed by atoms with Gasteiger partial charge in [0.25, 0.3) is 5.91 Å². The number of hydrogen-bond acceptors (Lipinski definition) is 3. The van der Waals surface area contributed by atoms with Crippen molar-refractivity contribution in [1.82, 2.24) is 0 Å². The van der Waals surface area contributed by atoms with Crippen LogP contribution in [0.25, 0.3) is 11.1 Å². The molecule has 0 saturated carbocycles. The molecule has 0 radical (unpaired) electrons. The van der Waals surface area contributed by atoms with Crippen LogP contribution in [0.2, 0.25) is 0 Å². The van der Waals surface area contributed by atoms with Crippen LogP contribution < -0.4 is 0 Å². The van der Waals surface area contributed by atoms with E-state index in [9.17, 15) is 13.2 Å². The maximum Gasteiger partial charge on any atom is 0.319 e. The molecule has 0 aliphatic rings. The van der Waals surface area contributed by atoms with Crippen LogP contribution >= 0.6 is 0 Å². The van der Waals surface area contributed by atoms with Gasteiger partial charge in [-0.15, -0.1) is 0 Å². The molecule has 1 amide bonds. The van der Waals surface area contributed by atoms with E-state index >= 15 is 0 Å². The van der Waals surface area contributed by atoms with Crippen LogP contribution in [0.1, 0.15) is 10.4 Å². The summed E-state index contributed by atoms with van der Waals surface area (Å²) in [7, 11) is -2.74. The van der Waals surface area contributed by atoms with Gasteiger partial charge < -0.3 is 0 Å². The zero-order valence-corrected chi connectivity index (χ0v) is 10.1. The quantitative estimate of drug-likeness (QED) is 0.832. The Morgan fingerprint density at radius 3 is 2.17 bits per heavy atom. The van der Waals surface area contributed by atoms with Crippen molar-refractivity contribution in [2.75, 3.05) is 0 Å². The molecular weight excluding hydrogens is 250 g/mol. The molecule has 0 N–H and O–H groups in total. The van der Waals surface area contributed by atoms with Gasteiger partial charge in [0, 0.05) is 0 Å². The van der Waals surface area contributed by atoms with Crippen LogP contribution in [0, 0.1) is 0 Å². The first kappa shape index (κ1) is 12.2. The Bertz CT molecular complexity index is 698. The lowest BCUT2D eigenvalue weighted by molar-refractivity contribution is 0.101. The number of benzene rings is 2. The number of carbonyl (C=O) groups excluding carboxylic acids is 1. The summed E-state index contributed by atoms with van der Waals surface area (Å²) in [5.74, 6) is -0.761. The van der Waals surface area contributed by atoms with Gasteiger partial charge >= 0.3 is 10.5 Å². The highest BCUT2D eigenvalue weighted by molar-refractivity contribution is 7.62. The standard InChI is InChI=1S/C13H9NO3S/c15-13(14-18(16)17)12-9-5-4-8-11(12)10-6-2-1-3-7-10/h1-9H. The van der Waals surface area contributed by atoms with Gasteiger partial charge in [0.2, 0.25) is 0 Å². The van der Waals surface area contributed by atoms with Crippen LogP contribution in [0.3, 0.4) is 0 Å². The number of hydrogen-bond donors (Lipinski definition) is 0. The zero-order chi connectivity index (χ0) is 13.0. The molecule has 0 saturated heterocycles. The maximum atomic E-state index is 11.7. The van der Waals surface area contributed by atoms with Crippen molar-refractivity contribution >= 4 is 16.4 Å². The molecule has 90 valence electrons. The highest BCUT2D eigenvalue weighted by Crippen LogP contribution is 2.23. The van der Waals surface area contributed by atoms with Gasteiger partial charge in [0.15, 0.2) is 0 Å². The molecule has 4 nitrogen and oxygen atoms in total. The van der Waals surface area contributed by atoms with E-state index in [0.29, 0.717) is 5.56 Å². The minimum Gasteiger partial charge on any atom is -0.266 e. The summed E-state index contributed by atoms with van der Waals surface area (Å²) in [6, 6.07) is 16.0. The predicted molar refractivity (Wildman–Crippen MR) is 67.6 cm³/mol. The van der Waals surface area contributed by atoms with E-state index in [1.807, 2.05) is 30.3 Å². The summed E-state index contributed by atoms with van der Waals surface area (Å²) >= 11 is 0. The van der Waals surface area contributed by atoms with Crippen molar-refractivity contribution in [2.24, 2.45) is 4.36 Å². The summed E-state index contributed by atoms with van der Waals surface area (Å²) in [4.78, 5) is 11.7. The largest absolute Gasteiger partial charge is 0.319 e. The molecule has 0 bridgehead atoms. The third-order valence-electron chi connectivity index (χ3n) is 2.40. The summed E-state index contributed by atoms with van der Waals surface area (Å²) in [5, 5.41) is 0. The highest BCUT2D eigenvalue weighted by atomic mass is 32.2. The summed E-state index contributed by atoms with van der Waals surface area (Å²) in [5.41, 5.74) is 1.78. The van der Waals surface area contributed by atoms with E-state index in [-0.39, 0.29) is 5.56 Å². The molecule has 0 unspecified atom stereocenters. The fourth-order valence-corrected chi connectivity index (χ4v) is 1.89. The second-order valence-electron chi connectivity index (χ2n) is 3.53. The molecule has 0 spiro atoms. The zero-order valence-electron chi connectivity index (χ0n) is 9.28. The number of nitrogens with zero attached hydrogens (tertiary/aromatic N) is 1. The normalized spacial score (nSPS) is 9.78. The van der Waals surface area contributed by atoms with Gasteiger partial charge in [0.1, 0.15) is 0 Å². The molecule has 0 heterocycles. The molecule has 0 fully saturated rings. The summed E-state index contributed by atoms with van der Waals surface area (Å²) in [6.07, 6.45) is 0. The van der Waals surface area contributed by atoms with E-state index in [2.05, 4.69) is 4.36 Å². The number of amides is 1.